The second-order valence-corrected chi connectivity index (χ2v) is 6.57. The molecule has 2 rings (SSSR count). The van der Waals surface area contributed by atoms with Gasteiger partial charge in [0.15, 0.2) is 5.92 Å². The van der Waals surface area contributed by atoms with E-state index in [9.17, 15) is 19.8 Å². The second-order valence-electron chi connectivity index (χ2n) is 6.57. The van der Waals surface area contributed by atoms with Crippen LogP contribution in [-0.4, -0.2) is 59.9 Å². The molecular weight excluding hydrogens is 344 g/mol. The molecule has 0 aliphatic rings. The van der Waals surface area contributed by atoms with E-state index in [2.05, 4.69) is 0 Å². The van der Waals surface area contributed by atoms with Crippen molar-refractivity contribution >= 4 is 49.7 Å². The van der Waals surface area contributed by atoms with Gasteiger partial charge in [0.05, 0.1) is 0 Å². The standard InChI is InChI=1S/C20H22O4.Ca.2H/c1-20(12-15-8-4-2-5-9-15,13-16-10-6-3-7-11-16)14-17(18(21)22)19(23)24;;;/h2-11,17H,12-14H2,1H3,(H,21,22)(H,23,24);;;. The first-order valence-electron chi connectivity index (χ1n) is 7.93. The molecule has 0 saturated heterocycles. The molecule has 0 aliphatic heterocycles. The molecule has 0 aromatic heterocycles. The van der Waals surface area contributed by atoms with Crippen molar-refractivity contribution in [1.82, 2.24) is 0 Å². The molecule has 5 heteroatoms. The van der Waals surface area contributed by atoms with Crippen LogP contribution in [0.15, 0.2) is 60.7 Å². The summed E-state index contributed by atoms with van der Waals surface area (Å²) >= 11 is 0. The van der Waals surface area contributed by atoms with E-state index in [-0.39, 0.29) is 44.2 Å². The van der Waals surface area contributed by atoms with Gasteiger partial charge in [0.25, 0.3) is 0 Å². The molecule has 0 saturated carbocycles. The quantitative estimate of drug-likeness (QED) is 0.555. The first-order valence-corrected chi connectivity index (χ1v) is 7.93. The van der Waals surface area contributed by atoms with E-state index >= 15 is 0 Å². The number of carboxylic acids is 2. The maximum atomic E-state index is 11.3. The van der Waals surface area contributed by atoms with Gasteiger partial charge in [-0.3, -0.25) is 9.59 Å². The topological polar surface area (TPSA) is 74.6 Å². The zero-order valence-electron chi connectivity index (χ0n) is 13.7. The van der Waals surface area contributed by atoms with E-state index in [1.165, 1.54) is 0 Å². The Morgan fingerprint density at radius 1 is 0.840 bits per heavy atom. The zero-order chi connectivity index (χ0) is 17.6. The third-order valence-electron chi connectivity index (χ3n) is 4.24. The maximum absolute atomic E-state index is 11.3. The normalized spacial score (nSPS) is 11.0. The molecular formula is C20H24CaO4. The summed E-state index contributed by atoms with van der Waals surface area (Å²) in [5.41, 5.74) is 1.68. The summed E-state index contributed by atoms with van der Waals surface area (Å²) in [6.07, 6.45) is 1.33. The summed E-state index contributed by atoms with van der Waals surface area (Å²) in [7, 11) is 0. The van der Waals surface area contributed by atoms with Crippen LogP contribution < -0.4 is 0 Å². The van der Waals surface area contributed by atoms with Gasteiger partial charge in [-0.25, -0.2) is 0 Å². The Labute approximate surface area is 177 Å². The summed E-state index contributed by atoms with van der Waals surface area (Å²) < 4.78 is 0. The van der Waals surface area contributed by atoms with Crippen LogP contribution in [0.2, 0.25) is 0 Å². The van der Waals surface area contributed by atoms with E-state index in [1.807, 2.05) is 67.6 Å². The fourth-order valence-corrected chi connectivity index (χ4v) is 3.16. The van der Waals surface area contributed by atoms with Gasteiger partial charge in [-0.05, 0) is 35.8 Å². The molecule has 25 heavy (non-hydrogen) atoms. The minimum absolute atomic E-state index is 0. The Morgan fingerprint density at radius 2 is 1.20 bits per heavy atom. The van der Waals surface area contributed by atoms with E-state index in [4.69, 9.17) is 0 Å². The average Bonchev–Trinajstić information content (AvgIpc) is 2.54. The van der Waals surface area contributed by atoms with Gasteiger partial charge in [0.2, 0.25) is 0 Å². The van der Waals surface area contributed by atoms with Crippen molar-refractivity contribution in [2.45, 2.75) is 26.2 Å². The van der Waals surface area contributed by atoms with E-state index in [0.717, 1.165) is 11.1 Å². The number of rotatable bonds is 8. The molecule has 0 amide bonds. The molecule has 0 spiro atoms. The molecule has 0 radical (unpaired) electrons. The summed E-state index contributed by atoms with van der Waals surface area (Å²) in [4.78, 5) is 22.7. The first-order chi connectivity index (χ1) is 11.4. The number of benzene rings is 2. The van der Waals surface area contributed by atoms with Crippen molar-refractivity contribution in [2.75, 3.05) is 0 Å². The van der Waals surface area contributed by atoms with Gasteiger partial charge in [0, 0.05) is 0 Å². The van der Waals surface area contributed by atoms with E-state index in [1.54, 1.807) is 0 Å². The molecule has 4 nitrogen and oxygen atoms in total. The molecule has 0 bridgehead atoms. The van der Waals surface area contributed by atoms with Crippen LogP contribution >= 0.6 is 0 Å². The van der Waals surface area contributed by atoms with Crippen LogP contribution in [0.4, 0.5) is 0 Å². The van der Waals surface area contributed by atoms with Gasteiger partial charge in [0.1, 0.15) is 0 Å². The third kappa shape index (κ3) is 6.81. The molecule has 0 aliphatic carbocycles. The summed E-state index contributed by atoms with van der Waals surface area (Å²) in [6, 6.07) is 19.5. The molecule has 0 fully saturated rings. The van der Waals surface area contributed by atoms with Crippen molar-refractivity contribution in [3.05, 3.63) is 71.8 Å². The molecule has 0 heterocycles. The fourth-order valence-electron chi connectivity index (χ4n) is 3.16. The van der Waals surface area contributed by atoms with Crippen molar-refractivity contribution in [2.24, 2.45) is 11.3 Å². The van der Waals surface area contributed by atoms with Crippen LogP contribution in [-0.2, 0) is 22.4 Å². The van der Waals surface area contributed by atoms with Gasteiger partial charge in [-0.1, -0.05) is 67.6 Å². The Morgan fingerprint density at radius 3 is 1.52 bits per heavy atom. The van der Waals surface area contributed by atoms with Crippen LogP contribution in [0.25, 0.3) is 0 Å². The van der Waals surface area contributed by atoms with Crippen molar-refractivity contribution in [1.29, 1.82) is 0 Å². The van der Waals surface area contributed by atoms with Crippen LogP contribution in [0.1, 0.15) is 24.5 Å². The van der Waals surface area contributed by atoms with E-state index < -0.39 is 23.3 Å². The molecule has 2 aromatic carbocycles. The number of carbonyl (C=O) groups is 2. The van der Waals surface area contributed by atoms with E-state index in [0.29, 0.717) is 12.8 Å². The number of hydrogen-bond donors (Lipinski definition) is 2. The summed E-state index contributed by atoms with van der Waals surface area (Å²) in [5.74, 6) is -3.97. The summed E-state index contributed by atoms with van der Waals surface area (Å²) in [6.45, 7) is 1.96. The Bertz CT molecular complexity index is 630. The van der Waals surface area contributed by atoms with Crippen molar-refractivity contribution in [3.63, 3.8) is 0 Å². The number of carboxylic acid groups (broad SMARTS) is 2. The first kappa shape index (κ1) is 21.7. The molecule has 130 valence electrons. The Kier molecular flexibility index (Phi) is 8.63. The monoisotopic (exact) mass is 368 g/mol. The Balaban J connectivity index is 0.00000312. The van der Waals surface area contributed by atoms with Gasteiger partial charge < -0.3 is 10.2 Å². The van der Waals surface area contributed by atoms with Gasteiger partial charge >= 0.3 is 49.7 Å². The third-order valence-corrected chi connectivity index (χ3v) is 4.24. The average molecular weight is 368 g/mol. The summed E-state index contributed by atoms with van der Waals surface area (Å²) in [5, 5.41) is 18.5. The number of hydrogen-bond acceptors (Lipinski definition) is 2. The molecule has 0 atom stereocenters. The van der Waals surface area contributed by atoms with Gasteiger partial charge in [-0.15, -0.1) is 0 Å². The minimum atomic E-state index is -1.40. The molecule has 0 unspecified atom stereocenters. The van der Waals surface area contributed by atoms with Gasteiger partial charge in [-0.2, -0.15) is 0 Å². The number of aliphatic carboxylic acids is 2. The second kappa shape index (κ2) is 9.95. The van der Waals surface area contributed by atoms with Crippen molar-refractivity contribution in [3.8, 4) is 0 Å². The predicted molar refractivity (Wildman–Crippen MR) is 100 cm³/mol. The van der Waals surface area contributed by atoms with Crippen molar-refractivity contribution < 1.29 is 19.8 Å². The molecule has 2 aromatic rings. The SMILES string of the molecule is CC(Cc1ccccc1)(Cc1ccccc1)CC(C(=O)O)C(=O)O.[CaH2]. The zero-order valence-corrected chi connectivity index (χ0v) is 13.7. The van der Waals surface area contributed by atoms with Crippen LogP contribution in [0.3, 0.4) is 0 Å². The van der Waals surface area contributed by atoms with Crippen LogP contribution in [0, 0.1) is 11.3 Å². The predicted octanol–water partition coefficient (Wildman–Crippen LogP) is 2.74. The van der Waals surface area contributed by atoms with Crippen LogP contribution in [0.5, 0.6) is 0 Å². The fraction of sp³-hybridized carbons (Fsp3) is 0.300. The molecule has 2 N–H and O–H groups in total. The Hall–Kier alpha value is -1.36.